The molecule has 0 radical (unpaired) electrons. The summed E-state index contributed by atoms with van der Waals surface area (Å²) >= 11 is 0. The van der Waals surface area contributed by atoms with Crippen LogP contribution in [0.25, 0.3) is 0 Å². The zero-order chi connectivity index (χ0) is 13.2. The summed E-state index contributed by atoms with van der Waals surface area (Å²) in [7, 11) is 0. The summed E-state index contributed by atoms with van der Waals surface area (Å²) in [6.45, 7) is 0.295. The Kier molecular flexibility index (Phi) is 3.23. The maximum Gasteiger partial charge on any atom is 0.410 e. The van der Waals surface area contributed by atoms with Gasteiger partial charge in [0.2, 0.25) is 0 Å². The van der Waals surface area contributed by atoms with Crippen molar-refractivity contribution < 1.29 is 14.3 Å². The number of benzene rings is 1. The molecule has 2 aliphatic heterocycles. The number of piperidine rings is 1. The van der Waals surface area contributed by atoms with Crippen molar-refractivity contribution in [2.45, 2.75) is 44.4 Å². The number of carbonyl (C=O) groups excluding carboxylic acids is 2. The first kappa shape index (κ1) is 12.2. The average molecular weight is 259 g/mol. The molecule has 1 amide bonds. The molecule has 1 aromatic rings. The van der Waals surface area contributed by atoms with Crippen molar-refractivity contribution in [1.29, 1.82) is 0 Å². The predicted octanol–water partition coefficient (Wildman–Crippen LogP) is 2.52. The Hall–Kier alpha value is -1.84. The highest BCUT2D eigenvalue weighted by Crippen LogP contribution is 2.34. The van der Waals surface area contributed by atoms with Gasteiger partial charge in [-0.2, -0.15) is 0 Å². The van der Waals surface area contributed by atoms with Gasteiger partial charge in [0, 0.05) is 24.9 Å². The van der Waals surface area contributed by atoms with Gasteiger partial charge in [0.15, 0.2) is 0 Å². The van der Waals surface area contributed by atoms with E-state index in [0.29, 0.717) is 19.4 Å². The number of hydrogen-bond acceptors (Lipinski definition) is 3. The van der Waals surface area contributed by atoms with Crippen molar-refractivity contribution in [3.05, 3.63) is 35.9 Å². The van der Waals surface area contributed by atoms with Crippen LogP contribution in [0, 0.1) is 0 Å². The molecule has 2 bridgehead atoms. The minimum Gasteiger partial charge on any atom is -0.445 e. The van der Waals surface area contributed by atoms with E-state index in [1.165, 1.54) is 0 Å². The maximum atomic E-state index is 12.1. The fourth-order valence-electron chi connectivity index (χ4n) is 3.06. The van der Waals surface area contributed by atoms with Crippen LogP contribution in [-0.4, -0.2) is 28.9 Å². The van der Waals surface area contributed by atoms with Gasteiger partial charge in [-0.3, -0.25) is 4.79 Å². The molecule has 100 valence electrons. The maximum absolute atomic E-state index is 12.1. The molecule has 2 fully saturated rings. The summed E-state index contributed by atoms with van der Waals surface area (Å²) < 4.78 is 5.36. The fraction of sp³-hybridized carbons (Fsp3) is 0.467. The first-order valence-electron chi connectivity index (χ1n) is 6.75. The molecule has 3 rings (SSSR count). The highest BCUT2D eigenvalue weighted by atomic mass is 16.6. The lowest BCUT2D eigenvalue weighted by Crippen LogP contribution is -2.46. The van der Waals surface area contributed by atoms with Crippen LogP contribution in [0.15, 0.2) is 30.3 Å². The van der Waals surface area contributed by atoms with Gasteiger partial charge in [-0.15, -0.1) is 0 Å². The second-order valence-corrected chi connectivity index (χ2v) is 5.28. The summed E-state index contributed by atoms with van der Waals surface area (Å²) in [5, 5.41) is 0. The van der Waals surface area contributed by atoms with Crippen molar-refractivity contribution in [2.75, 3.05) is 0 Å². The van der Waals surface area contributed by atoms with Crippen molar-refractivity contribution in [2.24, 2.45) is 0 Å². The third-order valence-electron chi connectivity index (χ3n) is 3.96. The third-order valence-corrected chi connectivity index (χ3v) is 3.96. The largest absolute Gasteiger partial charge is 0.445 e. The molecule has 0 aliphatic carbocycles. The van der Waals surface area contributed by atoms with Crippen molar-refractivity contribution >= 4 is 11.9 Å². The fourth-order valence-corrected chi connectivity index (χ4v) is 3.06. The lowest BCUT2D eigenvalue weighted by Gasteiger charge is -2.33. The quantitative estimate of drug-likeness (QED) is 0.820. The van der Waals surface area contributed by atoms with Crippen LogP contribution >= 0.6 is 0 Å². The standard InChI is InChI=1S/C15H17NO3/c17-14-8-12-6-7-13(9-14)16(12)15(18)19-10-11-4-2-1-3-5-11/h1-5,12-13H,6-10H2/t12-,13-/m0/s1. The molecule has 0 saturated carbocycles. The molecule has 2 aliphatic rings. The summed E-state index contributed by atoms with van der Waals surface area (Å²) in [4.78, 5) is 25.4. The molecule has 0 aromatic heterocycles. The minimum absolute atomic E-state index is 0.0644. The molecule has 0 spiro atoms. The second-order valence-electron chi connectivity index (χ2n) is 5.28. The second kappa shape index (κ2) is 5.03. The number of fused-ring (bicyclic) bond motifs is 2. The van der Waals surface area contributed by atoms with Crippen molar-refractivity contribution in [3.8, 4) is 0 Å². The molecule has 0 unspecified atom stereocenters. The van der Waals surface area contributed by atoms with Crippen LogP contribution < -0.4 is 0 Å². The number of ketones is 1. The molecular weight excluding hydrogens is 242 g/mol. The van der Waals surface area contributed by atoms with E-state index in [9.17, 15) is 9.59 Å². The van der Waals surface area contributed by atoms with E-state index >= 15 is 0 Å². The molecule has 4 heteroatoms. The molecule has 1 aromatic carbocycles. The van der Waals surface area contributed by atoms with E-state index in [2.05, 4.69) is 0 Å². The van der Waals surface area contributed by atoms with E-state index in [0.717, 1.165) is 18.4 Å². The van der Waals surface area contributed by atoms with Gasteiger partial charge in [0.05, 0.1) is 0 Å². The SMILES string of the molecule is O=C1C[C@@H]2CC[C@@H](C1)N2C(=O)OCc1ccccc1. The topological polar surface area (TPSA) is 46.6 Å². The predicted molar refractivity (Wildman–Crippen MR) is 69.5 cm³/mol. The van der Waals surface area contributed by atoms with Gasteiger partial charge in [-0.05, 0) is 18.4 Å². The van der Waals surface area contributed by atoms with Gasteiger partial charge < -0.3 is 9.64 Å². The number of Topliss-reactive ketones (excluding diaryl/α,β-unsaturated/α-hetero) is 1. The zero-order valence-electron chi connectivity index (χ0n) is 10.7. The number of ether oxygens (including phenoxy) is 1. The molecule has 2 saturated heterocycles. The normalized spacial score (nSPS) is 25.5. The molecular formula is C15H17NO3. The first-order chi connectivity index (χ1) is 9.24. The van der Waals surface area contributed by atoms with Crippen molar-refractivity contribution in [3.63, 3.8) is 0 Å². The summed E-state index contributed by atoms with van der Waals surface area (Å²) in [5.74, 6) is 0.277. The van der Waals surface area contributed by atoms with Crippen LogP contribution in [0.1, 0.15) is 31.2 Å². The van der Waals surface area contributed by atoms with Gasteiger partial charge in [0.1, 0.15) is 12.4 Å². The molecule has 0 N–H and O–H groups in total. The Morgan fingerprint density at radius 3 is 2.42 bits per heavy atom. The monoisotopic (exact) mass is 259 g/mol. The summed E-state index contributed by atoms with van der Waals surface area (Å²) in [6, 6.07) is 9.77. The van der Waals surface area contributed by atoms with Gasteiger partial charge >= 0.3 is 6.09 Å². The minimum atomic E-state index is -0.274. The number of rotatable bonds is 2. The zero-order valence-corrected chi connectivity index (χ0v) is 10.7. The van der Waals surface area contributed by atoms with E-state index in [-0.39, 0.29) is 24.0 Å². The summed E-state index contributed by atoms with van der Waals surface area (Å²) in [6.07, 6.45) is 2.57. The first-order valence-corrected chi connectivity index (χ1v) is 6.75. The van der Waals surface area contributed by atoms with Crippen LogP contribution in [0.4, 0.5) is 4.79 Å². The van der Waals surface area contributed by atoms with Gasteiger partial charge in [-0.1, -0.05) is 30.3 Å². The van der Waals surface area contributed by atoms with Crippen LogP contribution in [0.5, 0.6) is 0 Å². The molecule has 4 nitrogen and oxygen atoms in total. The van der Waals surface area contributed by atoms with Gasteiger partial charge in [0.25, 0.3) is 0 Å². The lowest BCUT2D eigenvalue weighted by molar-refractivity contribution is -0.123. The Labute approximate surface area is 112 Å². The van der Waals surface area contributed by atoms with Crippen molar-refractivity contribution in [1.82, 2.24) is 4.90 Å². The Balaban J connectivity index is 1.61. The van der Waals surface area contributed by atoms with Crippen LogP contribution in [0.2, 0.25) is 0 Å². The highest BCUT2D eigenvalue weighted by molar-refractivity contribution is 5.83. The Bertz CT molecular complexity index is 469. The number of nitrogens with zero attached hydrogens (tertiary/aromatic N) is 1. The molecule has 19 heavy (non-hydrogen) atoms. The molecule has 2 atom stereocenters. The van der Waals surface area contributed by atoms with E-state index in [4.69, 9.17) is 4.74 Å². The van der Waals surface area contributed by atoms with E-state index in [1.807, 2.05) is 30.3 Å². The Morgan fingerprint density at radius 1 is 1.16 bits per heavy atom. The van der Waals surface area contributed by atoms with Crippen LogP contribution in [-0.2, 0) is 16.1 Å². The van der Waals surface area contributed by atoms with Crippen LogP contribution in [0.3, 0.4) is 0 Å². The lowest BCUT2D eigenvalue weighted by atomic mass is 10.0. The summed E-state index contributed by atoms with van der Waals surface area (Å²) in [5.41, 5.74) is 0.983. The average Bonchev–Trinajstić information content (AvgIpc) is 2.70. The number of amides is 1. The number of hydrogen-bond donors (Lipinski definition) is 0. The number of carbonyl (C=O) groups is 2. The highest BCUT2D eigenvalue weighted by Gasteiger charge is 2.43. The van der Waals surface area contributed by atoms with Gasteiger partial charge in [-0.25, -0.2) is 4.79 Å². The van der Waals surface area contributed by atoms with E-state index < -0.39 is 0 Å². The Morgan fingerprint density at radius 2 is 1.79 bits per heavy atom. The molecule has 2 heterocycles. The smallest absolute Gasteiger partial charge is 0.410 e. The van der Waals surface area contributed by atoms with E-state index in [1.54, 1.807) is 4.90 Å². The third kappa shape index (κ3) is 2.48.